The van der Waals surface area contributed by atoms with E-state index in [9.17, 15) is 9.50 Å². The average Bonchev–Trinajstić information content (AvgIpc) is 2.73. The van der Waals surface area contributed by atoms with E-state index in [1.807, 2.05) is 0 Å². The maximum Gasteiger partial charge on any atom is 0.126 e. The molecule has 0 spiro atoms. The Morgan fingerprint density at radius 2 is 1.95 bits per heavy atom. The minimum Gasteiger partial charge on any atom is -0.384 e. The first-order valence-corrected chi connectivity index (χ1v) is 9.06. The number of nitrogens with zero attached hydrogens (tertiary/aromatic N) is 1. The summed E-state index contributed by atoms with van der Waals surface area (Å²) in [4.78, 5) is 2.46. The number of rotatable bonds is 1. The van der Waals surface area contributed by atoms with Crippen molar-refractivity contribution in [2.24, 2.45) is 17.3 Å². The molecule has 2 unspecified atom stereocenters. The molecular weight excluding hydrogens is 345 g/mol. The van der Waals surface area contributed by atoms with Crippen LogP contribution in [0.25, 0.3) is 0 Å². The number of hydrogen-bond acceptors (Lipinski definition) is 2. The van der Waals surface area contributed by atoms with Gasteiger partial charge in [0, 0.05) is 27.9 Å². The van der Waals surface area contributed by atoms with Gasteiger partial charge in [0.25, 0.3) is 0 Å². The van der Waals surface area contributed by atoms with E-state index >= 15 is 0 Å². The zero-order chi connectivity index (χ0) is 15.7. The first kappa shape index (κ1) is 15.1. The Bertz CT molecular complexity index is 624. The van der Waals surface area contributed by atoms with Crippen LogP contribution in [0.1, 0.15) is 37.8 Å². The molecule has 120 valence electrons. The van der Waals surface area contributed by atoms with Crippen molar-refractivity contribution < 1.29 is 9.50 Å². The summed E-state index contributed by atoms with van der Waals surface area (Å²) in [5.74, 6) is 0.572. The molecule has 2 nitrogen and oxygen atoms in total. The third-order valence-corrected chi connectivity index (χ3v) is 7.09. The highest BCUT2D eigenvalue weighted by Gasteiger charge is 2.60. The van der Waals surface area contributed by atoms with Gasteiger partial charge >= 0.3 is 0 Å². The summed E-state index contributed by atoms with van der Waals surface area (Å²) in [6.07, 6.45) is 2.92. The lowest BCUT2D eigenvalue weighted by Crippen LogP contribution is -2.58. The molecule has 0 aromatic heterocycles. The van der Waals surface area contributed by atoms with E-state index in [1.54, 1.807) is 6.07 Å². The second kappa shape index (κ2) is 4.78. The number of benzene rings is 1. The Hall–Kier alpha value is -0.450. The van der Waals surface area contributed by atoms with Gasteiger partial charge in [-0.25, -0.2) is 4.39 Å². The van der Waals surface area contributed by atoms with Gasteiger partial charge in [-0.15, -0.1) is 0 Å². The molecule has 5 rings (SSSR count). The minimum atomic E-state index is -0.951. The molecule has 4 aliphatic rings. The lowest BCUT2D eigenvalue weighted by Gasteiger charge is -2.54. The molecule has 3 saturated heterocycles. The molecule has 2 bridgehead atoms. The van der Waals surface area contributed by atoms with Crippen LogP contribution in [-0.2, 0) is 12.0 Å². The summed E-state index contributed by atoms with van der Waals surface area (Å²) in [7, 11) is 0. The fraction of sp³-hybridized carbons (Fsp3) is 0.667. The van der Waals surface area contributed by atoms with Crippen LogP contribution in [0.3, 0.4) is 0 Å². The zero-order valence-electron chi connectivity index (χ0n) is 13.2. The van der Waals surface area contributed by atoms with E-state index in [1.165, 1.54) is 6.07 Å². The van der Waals surface area contributed by atoms with Crippen molar-refractivity contribution in [3.63, 3.8) is 0 Å². The second-order valence-corrected chi connectivity index (χ2v) is 8.81. The van der Waals surface area contributed by atoms with Crippen LogP contribution in [0.15, 0.2) is 16.6 Å². The molecule has 1 aromatic carbocycles. The van der Waals surface area contributed by atoms with Gasteiger partial charge < -0.3 is 10.0 Å². The lowest BCUT2D eigenvalue weighted by atomic mass is 9.61. The Kier molecular flexibility index (Phi) is 3.28. The van der Waals surface area contributed by atoms with Crippen molar-refractivity contribution >= 4 is 15.9 Å². The topological polar surface area (TPSA) is 23.5 Å². The molecule has 3 fully saturated rings. The molecule has 22 heavy (non-hydrogen) atoms. The molecule has 4 heteroatoms. The molecule has 2 atom stereocenters. The van der Waals surface area contributed by atoms with Crippen LogP contribution < -0.4 is 0 Å². The molecule has 1 aliphatic carbocycles. The zero-order valence-corrected chi connectivity index (χ0v) is 14.8. The van der Waals surface area contributed by atoms with Crippen LogP contribution in [0, 0.1) is 23.1 Å². The maximum atomic E-state index is 14.4. The van der Waals surface area contributed by atoms with Gasteiger partial charge in [0.05, 0.1) is 0 Å². The number of aliphatic hydroxyl groups is 1. The number of fused-ring (bicyclic) bond motifs is 4. The largest absolute Gasteiger partial charge is 0.384 e. The van der Waals surface area contributed by atoms with Crippen molar-refractivity contribution in [2.75, 3.05) is 19.6 Å². The Labute approximate surface area is 139 Å². The smallest absolute Gasteiger partial charge is 0.126 e. The first-order chi connectivity index (χ1) is 10.3. The molecule has 0 amide bonds. The van der Waals surface area contributed by atoms with E-state index in [0.717, 1.165) is 42.5 Å². The SMILES string of the molecule is CC1(C)Cc2c(F)ccc(Br)c2C1(O)C1CN2CCC1CC2. The fourth-order valence-corrected chi connectivity index (χ4v) is 5.89. The normalized spacial score (nSPS) is 39.0. The van der Waals surface area contributed by atoms with E-state index in [0.29, 0.717) is 17.9 Å². The maximum absolute atomic E-state index is 14.4. The van der Waals surface area contributed by atoms with Crippen LogP contribution >= 0.6 is 15.9 Å². The summed E-state index contributed by atoms with van der Waals surface area (Å²) < 4.78 is 15.2. The van der Waals surface area contributed by atoms with E-state index in [4.69, 9.17) is 0 Å². The number of hydrogen-bond donors (Lipinski definition) is 1. The van der Waals surface area contributed by atoms with Gasteiger partial charge in [-0.2, -0.15) is 0 Å². The van der Waals surface area contributed by atoms with E-state index in [2.05, 4.69) is 34.7 Å². The quantitative estimate of drug-likeness (QED) is 0.817. The lowest BCUT2D eigenvalue weighted by molar-refractivity contribution is -0.158. The van der Waals surface area contributed by atoms with E-state index in [-0.39, 0.29) is 17.2 Å². The van der Waals surface area contributed by atoms with Crippen molar-refractivity contribution in [3.05, 3.63) is 33.5 Å². The van der Waals surface area contributed by atoms with Gasteiger partial charge in [0.15, 0.2) is 0 Å². The van der Waals surface area contributed by atoms with E-state index < -0.39 is 5.60 Å². The standard InChI is InChI=1S/C18H23BrFNO/c1-17(2)9-12-15(20)4-3-14(19)16(12)18(17,22)13-10-21-7-5-11(13)6-8-21/h3-4,11,13,22H,5-10H2,1-2H3. The van der Waals surface area contributed by atoms with Gasteiger partial charge in [-0.3, -0.25) is 0 Å². The Morgan fingerprint density at radius 1 is 1.27 bits per heavy atom. The molecule has 0 saturated carbocycles. The highest BCUT2D eigenvalue weighted by Crippen LogP contribution is 2.59. The van der Waals surface area contributed by atoms with Crippen LogP contribution in [0.4, 0.5) is 4.39 Å². The highest BCUT2D eigenvalue weighted by atomic mass is 79.9. The van der Waals surface area contributed by atoms with Crippen LogP contribution in [0.5, 0.6) is 0 Å². The van der Waals surface area contributed by atoms with Gasteiger partial charge in [-0.1, -0.05) is 29.8 Å². The molecule has 3 heterocycles. The summed E-state index contributed by atoms with van der Waals surface area (Å²) in [5, 5.41) is 11.9. The second-order valence-electron chi connectivity index (χ2n) is 7.95. The predicted octanol–water partition coefficient (Wildman–Crippen LogP) is 3.70. The summed E-state index contributed by atoms with van der Waals surface area (Å²) in [5.41, 5.74) is 0.227. The molecular formula is C18H23BrFNO. The van der Waals surface area contributed by atoms with Gasteiger partial charge in [0.1, 0.15) is 11.4 Å². The Balaban J connectivity index is 1.88. The fourth-order valence-electron chi connectivity index (χ4n) is 5.22. The first-order valence-electron chi connectivity index (χ1n) is 8.26. The van der Waals surface area contributed by atoms with Crippen molar-refractivity contribution in [1.82, 2.24) is 4.90 Å². The van der Waals surface area contributed by atoms with Gasteiger partial charge in [-0.05, 0) is 56.0 Å². The predicted molar refractivity (Wildman–Crippen MR) is 88.1 cm³/mol. The summed E-state index contributed by atoms with van der Waals surface area (Å²) in [6.45, 7) is 7.42. The average molecular weight is 368 g/mol. The van der Waals surface area contributed by atoms with Crippen molar-refractivity contribution in [2.45, 2.75) is 38.7 Å². The molecule has 1 N–H and O–H groups in total. The van der Waals surface area contributed by atoms with Crippen molar-refractivity contribution in [1.29, 1.82) is 0 Å². The number of piperidine rings is 3. The monoisotopic (exact) mass is 367 g/mol. The summed E-state index contributed by atoms with van der Waals surface area (Å²) >= 11 is 3.59. The third kappa shape index (κ3) is 1.83. The highest BCUT2D eigenvalue weighted by molar-refractivity contribution is 9.10. The number of halogens is 2. The minimum absolute atomic E-state index is 0.177. The van der Waals surface area contributed by atoms with Crippen molar-refractivity contribution in [3.8, 4) is 0 Å². The third-order valence-electron chi connectivity index (χ3n) is 6.43. The van der Waals surface area contributed by atoms with Gasteiger partial charge in [0.2, 0.25) is 0 Å². The molecule has 1 aromatic rings. The summed E-state index contributed by atoms with van der Waals surface area (Å²) in [6, 6.07) is 3.27. The Morgan fingerprint density at radius 3 is 2.55 bits per heavy atom. The molecule has 3 aliphatic heterocycles. The van der Waals surface area contributed by atoms with Crippen LogP contribution in [0.2, 0.25) is 0 Å². The van der Waals surface area contributed by atoms with Crippen LogP contribution in [-0.4, -0.2) is 29.6 Å². The molecule has 0 radical (unpaired) electrons.